The summed E-state index contributed by atoms with van der Waals surface area (Å²) < 4.78 is 33.7. The second kappa shape index (κ2) is 12.8. The van der Waals surface area contributed by atoms with Crippen LogP contribution in [-0.2, 0) is 12.8 Å². The zero-order chi connectivity index (χ0) is 24.3. The SMILES string of the molecule is C=CCCc1ccc(OC(=O)c2ccc(-c3ccc(CCCCCCC)cc3)cc2)c(F)c1F. The summed E-state index contributed by atoms with van der Waals surface area (Å²) in [4.78, 5) is 12.5. The van der Waals surface area contributed by atoms with E-state index < -0.39 is 23.4 Å². The fourth-order valence-electron chi connectivity index (χ4n) is 3.86. The number of unbranched alkanes of at least 4 members (excludes halogenated alkanes) is 4. The van der Waals surface area contributed by atoms with Gasteiger partial charge in [0.15, 0.2) is 11.6 Å². The maximum absolute atomic E-state index is 14.3. The first-order valence-corrected chi connectivity index (χ1v) is 12.0. The Morgan fingerprint density at radius 1 is 0.824 bits per heavy atom. The monoisotopic (exact) mass is 462 g/mol. The number of aryl methyl sites for hydroxylation is 2. The highest BCUT2D eigenvalue weighted by molar-refractivity contribution is 5.91. The molecular weight excluding hydrogens is 430 g/mol. The molecule has 0 atom stereocenters. The number of rotatable bonds is 12. The van der Waals surface area contributed by atoms with E-state index >= 15 is 0 Å². The van der Waals surface area contributed by atoms with Crippen molar-refractivity contribution in [1.82, 2.24) is 0 Å². The number of benzene rings is 3. The number of hydrogen-bond donors (Lipinski definition) is 0. The van der Waals surface area contributed by atoms with Gasteiger partial charge in [0.25, 0.3) is 0 Å². The zero-order valence-corrected chi connectivity index (χ0v) is 19.8. The number of carbonyl (C=O) groups excluding carboxylic acids is 1. The molecule has 3 rings (SSSR count). The van der Waals surface area contributed by atoms with Crippen LogP contribution in [0.1, 0.15) is 66.9 Å². The van der Waals surface area contributed by atoms with Gasteiger partial charge in [-0.15, -0.1) is 6.58 Å². The Bertz CT molecular complexity index is 1090. The minimum Gasteiger partial charge on any atom is -0.420 e. The Hall–Kier alpha value is -3.27. The summed E-state index contributed by atoms with van der Waals surface area (Å²) in [6, 6.07) is 18.1. The highest BCUT2D eigenvalue weighted by atomic mass is 19.2. The van der Waals surface area contributed by atoms with Crippen molar-refractivity contribution in [1.29, 1.82) is 0 Å². The lowest BCUT2D eigenvalue weighted by molar-refractivity contribution is 0.0726. The number of carbonyl (C=O) groups is 1. The van der Waals surface area contributed by atoms with E-state index in [1.54, 1.807) is 18.2 Å². The normalized spacial score (nSPS) is 10.8. The first kappa shape index (κ1) is 25.4. The number of halogens is 2. The predicted molar refractivity (Wildman–Crippen MR) is 134 cm³/mol. The molecule has 3 aromatic rings. The van der Waals surface area contributed by atoms with Crippen LogP contribution in [0.5, 0.6) is 5.75 Å². The topological polar surface area (TPSA) is 26.3 Å². The third-order valence-corrected chi connectivity index (χ3v) is 5.92. The molecule has 34 heavy (non-hydrogen) atoms. The average Bonchev–Trinajstić information content (AvgIpc) is 2.87. The molecule has 0 bridgehead atoms. The van der Waals surface area contributed by atoms with Crippen molar-refractivity contribution in [3.63, 3.8) is 0 Å². The number of hydrogen-bond acceptors (Lipinski definition) is 2. The van der Waals surface area contributed by atoms with Crippen LogP contribution >= 0.6 is 0 Å². The molecule has 0 amide bonds. The van der Waals surface area contributed by atoms with Crippen LogP contribution in [-0.4, -0.2) is 5.97 Å². The standard InChI is InChI=1S/C30H32F2O2/c1-3-5-7-8-9-10-22-12-14-23(15-13-22)24-16-18-26(19-17-24)30(33)34-27-21-20-25(11-6-4-2)28(31)29(27)32/h4,12-21H,2-3,5-11H2,1H3. The van der Waals surface area contributed by atoms with Crippen LogP contribution in [0.15, 0.2) is 73.3 Å². The Balaban J connectivity index is 1.60. The largest absolute Gasteiger partial charge is 0.420 e. The second-order valence-corrected chi connectivity index (χ2v) is 8.51. The fourth-order valence-corrected chi connectivity index (χ4v) is 3.86. The third kappa shape index (κ3) is 6.86. The molecule has 0 radical (unpaired) electrons. The molecule has 0 aromatic heterocycles. The molecule has 0 aliphatic carbocycles. The summed E-state index contributed by atoms with van der Waals surface area (Å²) in [7, 11) is 0. The summed E-state index contributed by atoms with van der Waals surface area (Å²) in [6.07, 6.45) is 9.92. The first-order chi connectivity index (χ1) is 16.5. The zero-order valence-electron chi connectivity index (χ0n) is 19.8. The van der Waals surface area contributed by atoms with Crippen molar-refractivity contribution in [3.05, 3.63) is 102 Å². The molecule has 0 aliphatic rings. The molecule has 3 aromatic carbocycles. The molecule has 2 nitrogen and oxygen atoms in total. The van der Waals surface area contributed by atoms with E-state index in [4.69, 9.17) is 4.74 Å². The minimum atomic E-state index is -1.16. The van der Waals surface area contributed by atoms with Gasteiger partial charge in [-0.1, -0.05) is 81.1 Å². The Morgan fingerprint density at radius 2 is 1.47 bits per heavy atom. The average molecular weight is 463 g/mol. The highest BCUT2D eigenvalue weighted by Gasteiger charge is 2.18. The molecule has 178 valence electrons. The lowest BCUT2D eigenvalue weighted by Gasteiger charge is -2.09. The van der Waals surface area contributed by atoms with Crippen molar-refractivity contribution in [2.75, 3.05) is 0 Å². The van der Waals surface area contributed by atoms with Crippen LogP contribution < -0.4 is 4.74 Å². The molecule has 4 heteroatoms. The van der Waals surface area contributed by atoms with Gasteiger partial charge in [-0.3, -0.25) is 0 Å². The molecule has 0 heterocycles. The summed E-state index contributed by atoms with van der Waals surface area (Å²) >= 11 is 0. The number of esters is 1. The Kier molecular flexibility index (Phi) is 9.57. The van der Waals surface area contributed by atoms with Crippen molar-refractivity contribution >= 4 is 5.97 Å². The fraction of sp³-hybridized carbons (Fsp3) is 0.300. The summed E-state index contributed by atoms with van der Waals surface area (Å²) in [5, 5.41) is 0. The van der Waals surface area contributed by atoms with Crippen molar-refractivity contribution in [3.8, 4) is 16.9 Å². The minimum absolute atomic E-state index is 0.226. The van der Waals surface area contributed by atoms with Crippen LogP contribution in [0.25, 0.3) is 11.1 Å². The van der Waals surface area contributed by atoms with E-state index in [1.165, 1.54) is 49.8 Å². The molecule has 0 N–H and O–H groups in total. The van der Waals surface area contributed by atoms with Gasteiger partial charge >= 0.3 is 5.97 Å². The van der Waals surface area contributed by atoms with E-state index in [0.717, 1.165) is 17.5 Å². The second-order valence-electron chi connectivity index (χ2n) is 8.51. The number of ether oxygens (including phenoxy) is 1. The lowest BCUT2D eigenvalue weighted by Crippen LogP contribution is -2.10. The van der Waals surface area contributed by atoms with E-state index in [1.807, 2.05) is 12.1 Å². The molecule has 0 saturated heterocycles. The van der Waals surface area contributed by atoms with Crippen LogP contribution in [0, 0.1) is 11.6 Å². The van der Waals surface area contributed by atoms with Gasteiger partial charge < -0.3 is 4.74 Å². The maximum Gasteiger partial charge on any atom is 0.343 e. The van der Waals surface area contributed by atoms with E-state index in [2.05, 4.69) is 37.8 Å². The van der Waals surface area contributed by atoms with Crippen LogP contribution in [0.2, 0.25) is 0 Å². The number of allylic oxidation sites excluding steroid dienone is 1. The van der Waals surface area contributed by atoms with Gasteiger partial charge in [-0.05, 0) is 66.1 Å². The molecule has 0 spiro atoms. The predicted octanol–water partition coefficient (Wildman–Crippen LogP) is 8.48. The third-order valence-electron chi connectivity index (χ3n) is 5.92. The van der Waals surface area contributed by atoms with Crippen molar-refractivity contribution in [2.45, 2.75) is 58.3 Å². The summed E-state index contributed by atoms with van der Waals surface area (Å²) in [6.45, 7) is 5.80. The van der Waals surface area contributed by atoms with Crippen molar-refractivity contribution in [2.24, 2.45) is 0 Å². The molecule has 0 unspecified atom stereocenters. The molecule has 0 saturated carbocycles. The van der Waals surface area contributed by atoms with Crippen molar-refractivity contribution < 1.29 is 18.3 Å². The first-order valence-electron chi connectivity index (χ1n) is 12.0. The Labute approximate surface area is 201 Å². The van der Waals surface area contributed by atoms with E-state index in [0.29, 0.717) is 12.8 Å². The summed E-state index contributed by atoms with van der Waals surface area (Å²) in [5.41, 5.74) is 3.84. The van der Waals surface area contributed by atoms with E-state index in [-0.39, 0.29) is 11.1 Å². The molecule has 0 aliphatic heterocycles. The van der Waals surface area contributed by atoms with Gasteiger partial charge in [-0.25, -0.2) is 9.18 Å². The van der Waals surface area contributed by atoms with Gasteiger partial charge in [0.05, 0.1) is 5.56 Å². The molecular formula is C30H32F2O2. The summed E-state index contributed by atoms with van der Waals surface area (Å²) in [5.74, 6) is -3.30. The van der Waals surface area contributed by atoms with Gasteiger partial charge in [0.2, 0.25) is 5.82 Å². The maximum atomic E-state index is 14.3. The van der Waals surface area contributed by atoms with E-state index in [9.17, 15) is 13.6 Å². The van der Waals surface area contributed by atoms with Crippen LogP contribution in [0.3, 0.4) is 0 Å². The van der Waals surface area contributed by atoms with Crippen LogP contribution in [0.4, 0.5) is 8.78 Å². The quantitative estimate of drug-likeness (QED) is 0.117. The highest BCUT2D eigenvalue weighted by Crippen LogP contribution is 2.26. The lowest BCUT2D eigenvalue weighted by atomic mass is 10.00. The van der Waals surface area contributed by atoms with Gasteiger partial charge in [0, 0.05) is 0 Å². The van der Waals surface area contributed by atoms with Gasteiger partial charge in [0.1, 0.15) is 0 Å². The van der Waals surface area contributed by atoms with Gasteiger partial charge in [-0.2, -0.15) is 4.39 Å². The molecule has 0 fully saturated rings. The Morgan fingerprint density at radius 3 is 2.12 bits per heavy atom. The smallest absolute Gasteiger partial charge is 0.343 e.